The molecule has 2 heterocycles. The summed E-state index contributed by atoms with van der Waals surface area (Å²) >= 11 is 0. The number of hydrogen-bond acceptors (Lipinski definition) is 5. The zero-order valence-corrected chi connectivity index (χ0v) is 13.3. The van der Waals surface area contributed by atoms with Crippen LogP contribution in [-0.2, 0) is 6.42 Å². The Morgan fingerprint density at radius 3 is 2.82 bits per heavy atom. The van der Waals surface area contributed by atoms with Gasteiger partial charge in [-0.2, -0.15) is 4.98 Å². The summed E-state index contributed by atoms with van der Waals surface area (Å²) in [6.07, 6.45) is 1.83. The minimum Gasteiger partial charge on any atom is -0.339 e. The minimum atomic E-state index is 0.169. The maximum absolute atomic E-state index is 6.18. The summed E-state index contributed by atoms with van der Waals surface area (Å²) in [6.45, 7) is 7.48. The van der Waals surface area contributed by atoms with Crippen molar-refractivity contribution in [3.63, 3.8) is 0 Å². The quantitative estimate of drug-likeness (QED) is 0.938. The summed E-state index contributed by atoms with van der Waals surface area (Å²) in [5.41, 5.74) is 7.34. The third kappa shape index (κ3) is 3.36. The van der Waals surface area contributed by atoms with E-state index < -0.39 is 0 Å². The van der Waals surface area contributed by atoms with Crippen LogP contribution < -0.4 is 5.73 Å². The van der Waals surface area contributed by atoms with Crippen LogP contribution in [-0.4, -0.2) is 40.7 Å². The van der Waals surface area contributed by atoms with Crippen molar-refractivity contribution in [3.8, 4) is 11.4 Å². The molecule has 118 valence electrons. The van der Waals surface area contributed by atoms with Gasteiger partial charge in [-0.25, -0.2) is 0 Å². The summed E-state index contributed by atoms with van der Waals surface area (Å²) in [6, 6.07) is 10.2. The zero-order chi connectivity index (χ0) is 15.6. The molecule has 2 N–H and O–H groups in total. The first-order valence-corrected chi connectivity index (χ1v) is 7.90. The fourth-order valence-electron chi connectivity index (χ4n) is 2.99. The van der Waals surface area contributed by atoms with Gasteiger partial charge in [-0.3, -0.25) is 0 Å². The molecule has 22 heavy (non-hydrogen) atoms. The molecule has 1 aromatic carbocycles. The highest BCUT2D eigenvalue weighted by atomic mass is 16.5. The van der Waals surface area contributed by atoms with E-state index in [9.17, 15) is 0 Å². The van der Waals surface area contributed by atoms with E-state index in [2.05, 4.69) is 28.9 Å². The normalized spacial score (nSPS) is 21.9. The van der Waals surface area contributed by atoms with E-state index in [-0.39, 0.29) is 11.5 Å². The van der Waals surface area contributed by atoms with Crippen LogP contribution in [0, 0.1) is 5.41 Å². The lowest BCUT2D eigenvalue weighted by atomic mass is 9.80. The molecular formula is C17H24N4O. The molecule has 3 rings (SSSR count). The second-order valence-corrected chi connectivity index (χ2v) is 6.79. The summed E-state index contributed by atoms with van der Waals surface area (Å²) in [7, 11) is 0. The van der Waals surface area contributed by atoms with Crippen molar-refractivity contribution >= 4 is 0 Å². The standard InChI is InChI=1S/C17H24N4O/c1-17(2)12-21(10-8-14(17)18)11-9-15-19-16(20-22-15)13-6-4-3-5-7-13/h3-7,14H,8-12,18H2,1-2H3. The molecule has 5 heteroatoms. The molecule has 1 fully saturated rings. The second-order valence-electron chi connectivity index (χ2n) is 6.79. The fraction of sp³-hybridized carbons (Fsp3) is 0.529. The predicted molar refractivity (Wildman–Crippen MR) is 86.3 cm³/mol. The number of hydrogen-bond donors (Lipinski definition) is 1. The highest BCUT2D eigenvalue weighted by Crippen LogP contribution is 2.27. The van der Waals surface area contributed by atoms with Crippen molar-refractivity contribution in [2.24, 2.45) is 11.1 Å². The molecule has 1 unspecified atom stereocenters. The molecule has 0 amide bonds. The Kier molecular flexibility index (Phi) is 4.27. The highest BCUT2D eigenvalue weighted by Gasteiger charge is 2.33. The van der Waals surface area contributed by atoms with Crippen LogP contribution in [0.3, 0.4) is 0 Å². The smallest absolute Gasteiger partial charge is 0.228 e. The van der Waals surface area contributed by atoms with Crippen LogP contribution in [0.4, 0.5) is 0 Å². The van der Waals surface area contributed by atoms with E-state index >= 15 is 0 Å². The van der Waals surface area contributed by atoms with E-state index in [0.717, 1.165) is 38.0 Å². The van der Waals surface area contributed by atoms with E-state index in [1.54, 1.807) is 0 Å². The zero-order valence-electron chi connectivity index (χ0n) is 13.3. The first-order chi connectivity index (χ1) is 10.5. The molecule has 0 spiro atoms. The largest absolute Gasteiger partial charge is 0.339 e. The van der Waals surface area contributed by atoms with Crippen molar-refractivity contribution in [2.75, 3.05) is 19.6 Å². The van der Waals surface area contributed by atoms with Gasteiger partial charge in [0, 0.05) is 31.1 Å². The van der Waals surface area contributed by atoms with Gasteiger partial charge in [-0.1, -0.05) is 49.3 Å². The summed E-state index contributed by atoms with van der Waals surface area (Å²) < 4.78 is 5.37. The monoisotopic (exact) mass is 300 g/mol. The lowest BCUT2D eigenvalue weighted by Gasteiger charge is -2.42. The molecule has 1 saturated heterocycles. The van der Waals surface area contributed by atoms with Gasteiger partial charge in [0.1, 0.15) is 0 Å². The Balaban J connectivity index is 1.58. The molecule has 0 bridgehead atoms. The molecule has 5 nitrogen and oxygen atoms in total. The molecule has 1 aliphatic rings. The first-order valence-electron chi connectivity index (χ1n) is 7.90. The van der Waals surface area contributed by atoms with Crippen molar-refractivity contribution in [1.82, 2.24) is 15.0 Å². The van der Waals surface area contributed by atoms with Gasteiger partial charge in [0.05, 0.1) is 0 Å². The van der Waals surface area contributed by atoms with Gasteiger partial charge in [0.25, 0.3) is 0 Å². The molecule has 1 aliphatic heterocycles. The maximum atomic E-state index is 6.18. The number of nitrogens with zero attached hydrogens (tertiary/aromatic N) is 3. The van der Waals surface area contributed by atoms with Gasteiger partial charge in [-0.05, 0) is 18.4 Å². The molecule has 0 saturated carbocycles. The average molecular weight is 300 g/mol. The average Bonchev–Trinajstić information content (AvgIpc) is 2.98. The number of rotatable bonds is 4. The Bertz CT molecular complexity index is 608. The maximum Gasteiger partial charge on any atom is 0.228 e. The summed E-state index contributed by atoms with van der Waals surface area (Å²) in [4.78, 5) is 6.93. The second kappa shape index (κ2) is 6.18. The molecule has 2 aromatic rings. The van der Waals surface area contributed by atoms with E-state index in [1.807, 2.05) is 30.3 Å². The number of likely N-dealkylation sites (tertiary alicyclic amines) is 1. The summed E-state index contributed by atoms with van der Waals surface area (Å²) in [5.74, 6) is 1.36. The third-order valence-electron chi connectivity index (χ3n) is 4.53. The van der Waals surface area contributed by atoms with Gasteiger partial charge in [0.2, 0.25) is 11.7 Å². The van der Waals surface area contributed by atoms with Gasteiger partial charge in [0.15, 0.2) is 0 Å². The van der Waals surface area contributed by atoms with E-state index in [4.69, 9.17) is 10.3 Å². The Hall–Kier alpha value is -1.72. The van der Waals surface area contributed by atoms with Crippen LogP contribution in [0.2, 0.25) is 0 Å². The third-order valence-corrected chi connectivity index (χ3v) is 4.53. The SMILES string of the molecule is CC1(C)CN(CCc2nc(-c3ccccc3)no2)CCC1N. The number of benzene rings is 1. The van der Waals surface area contributed by atoms with Gasteiger partial charge < -0.3 is 15.2 Å². The topological polar surface area (TPSA) is 68.2 Å². The van der Waals surface area contributed by atoms with Crippen molar-refractivity contribution in [3.05, 3.63) is 36.2 Å². The number of piperidine rings is 1. The van der Waals surface area contributed by atoms with Crippen molar-refractivity contribution < 1.29 is 4.52 Å². The molecule has 1 atom stereocenters. The fourth-order valence-corrected chi connectivity index (χ4v) is 2.99. The lowest BCUT2D eigenvalue weighted by Crippen LogP contribution is -2.52. The molecule has 1 aromatic heterocycles. The van der Waals surface area contributed by atoms with Crippen LogP contribution >= 0.6 is 0 Å². The molecule has 0 radical (unpaired) electrons. The van der Waals surface area contributed by atoms with Crippen molar-refractivity contribution in [1.29, 1.82) is 0 Å². The van der Waals surface area contributed by atoms with E-state index in [0.29, 0.717) is 11.7 Å². The summed E-state index contributed by atoms with van der Waals surface area (Å²) in [5, 5.41) is 4.07. The van der Waals surface area contributed by atoms with Crippen LogP contribution in [0.15, 0.2) is 34.9 Å². The first kappa shape index (κ1) is 15.2. The lowest BCUT2D eigenvalue weighted by molar-refractivity contribution is 0.0945. The van der Waals surface area contributed by atoms with Gasteiger partial charge in [-0.15, -0.1) is 0 Å². The van der Waals surface area contributed by atoms with Crippen LogP contribution in [0.25, 0.3) is 11.4 Å². The molecule has 0 aliphatic carbocycles. The Morgan fingerprint density at radius 1 is 1.32 bits per heavy atom. The Labute approximate surface area is 131 Å². The highest BCUT2D eigenvalue weighted by molar-refractivity contribution is 5.53. The van der Waals surface area contributed by atoms with Crippen LogP contribution in [0.5, 0.6) is 0 Å². The minimum absolute atomic E-state index is 0.169. The molecular weight excluding hydrogens is 276 g/mol. The van der Waals surface area contributed by atoms with E-state index in [1.165, 1.54) is 0 Å². The van der Waals surface area contributed by atoms with Crippen molar-refractivity contribution in [2.45, 2.75) is 32.7 Å². The van der Waals surface area contributed by atoms with Crippen LogP contribution in [0.1, 0.15) is 26.2 Å². The number of nitrogens with two attached hydrogens (primary N) is 1. The van der Waals surface area contributed by atoms with Gasteiger partial charge >= 0.3 is 0 Å². The predicted octanol–water partition coefficient (Wildman–Crippen LogP) is 2.34. The Morgan fingerprint density at radius 2 is 2.09 bits per heavy atom. The number of aromatic nitrogens is 2.